The number of benzene rings is 2. The van der Waals surface area contributed by atoms with Crippen LogP contribution >= 0.6 is 0 Å². The highest BCUT2D eigenvalue weighted by Crippen LogP contribution is 2.26. The fourth-order valence-electron chi connectivity index (χ4n) is 3.63. The lowest BCUT2D eigenvalue weighted by Gasteiger charge is -2.19. The molecule has 0 saturated carbocycles. The van der Waals surface area contributed by atoms with Gasteiger partial charge in [0.25, 0.3) is 5.91 Å². The molecule has 0 aliphatic heterocycles. The van der Waals surface area contributed by atoms with Gasteiger partial charge in [0.05, 0.1) is 30.8 Å². The normalized spacial score (nSPS) is 11.8. The van der Waals surface area contributed by atoms with Crippen LogP contribution in [0.4, 0.5) is 0 Å². The number of carbonyl (C=O) groups excluding carboxylic acids is 2. The van der Waals surface area contributed by atoms with E-state index in [2.05, 4.69) is 15.3 Å². The largest absolute Gasteiger partial charge is 0.481 e. The number of nitrogens with zero attached hydrogens (tertiary/aromatic N) is 2. The van der Waals surface area contributed by atoms with Gasteiger partial charge in [0.1, 0.15) is 6.04 Å². The predicted molar refractivity (Wildman–Crippen MR) is 117 cm³/mol. The third-order valence-corrected chi connectivity index (χ3v) is 5.07. The first kappa shape index (κ1) is 20.3. The minimum absolute atomic E-state index is 0.177. The summed E-state index contributed by atoms with van der Waals surface area (Å²) < 4.78 is 10.2. The van der Waals surface area contributed by atoms with Crippen LogP contribution in [0.3, 0.4) is 0 Å². The van der Waals surface area contributed by atoms with Gasteiger partial charge in [-0.2, -0.15) is 0 Å². The molecule has 0 unspecified atom stereocenters. The quantitative estimate of drug-likeness (QED) is 0.384. The van der Waals surface area contributed by atoms with E-state index in [4.69, 9.17) is 9.47 Å². The number of hydrogen-bond acceptors (Lipinski definition) is 6. The summed E-state index contributed by atoms with van der Waals surface area (Å²) >= 11 is 0. The lowest BCUT2D eigenvalue weighted by Crippen LogP contribution is -2.43. The number of carbonyl (C=O) groups is 2. The summed E-state index contributed by atoms with van der Waals surface area (Å²) in [6.07, 6.45) is 1.78. The first-order chi connectivity index (χ1) is 15.1. The zero-order valence-corrected chi connectivity index (χ0v) is 17.2. The maximum Gasteiger partial charge on any atom is 0.328 e. The summed E-state index contributed by atoms with van der Waals surface area (Å²) in [5, 5.41) is 4.26. The summed E-state index contributed by atoms with van der Waals surface area (Å²) in [6, 6.07) is 17.5. The maximum atomic E-state index is 13.5. The number of aromatic nitrogens is 2. The summed E-state index contributed by atoms with van der Waals surface area (Å²) in [5.41, 5.74) is 2.56. The minimum atomic E-state index is -0.915. The number of rotatable bonds is 6. The summed E-state index contributed by atoms with van der Waals surface area (Å²) in [7, 11) is 2.80. The molecule has 0 fully saturated rings. The molecule has 1 atom stereocenters. The number of nitrogens with one attached hydrogen (secondary N) is 1. The van der Waals surface area contributed by atoms with E-state index in [0.29, 0.717) is 38.8 Å². The lowest BCUT2D eigenvalue weighted by atomic mass is 10.0. The van der Waals surface area contributed by atoms with Gasteiger partial charge in [-0.05, 0) is 18.2 Å². The fourth-order valence-corrected chi connectivity index (χ4v) is 3.63. The van der Waals surface area contributed by atoms with Gasteiger partial charge in [0, 0.05) is 29.0 Å². The van der Waals surface area contributed by atoms with E-state index in [1.807, 2.05) is 48.5 Å². The zero-order valence-electron chi connectivity index (χ0n) is 17.2. The number of para-hydroxylation sites is 2. The number of pyridine rings is 2. The Morgan fingerprint density at radius 2 is 1.58 bits per heavy atom. The average molecular weight is 415 g/mol. The number of ether oxygens (including phenoxy) is 2. The van der Waals surface area contributed by atoms with Crippen molar-refractivity contribution in [3.8, 4) is 5.88 Å². The second kappa shape index (κ2) is 8.79. The molecule has 2 aromatic carbocycles. The number of methoxy groups -OCH3 is 2. The van der Waals surface area contributed by atoms with E-state index in [1.165, 1.54) is 14.2 Å². The van der Waals surface area contributed by atoms with Crippen LogP contribution < -0.4 is 10.1 Å². The van der Waals surface area contributed by atoms with E-state index in [9.17, 15) is 9.59 Å². The molecule has 2 heterocycles. The molecule has 0 spiro atoms. The SMILES string of the molecule is COC(=O)[C@@H](Cc1cccnc1OC)NC(=O)c1c2ccccc2nc2ccccc12. The standard InChI is InChI=1S/C24H21N3O4/c1-30-23-15(8-7-13-25-23)14-20(24(29)31-2)27-22(28)21-16-9-3-5-11-18(16)26-19-12-6-4-10-17(19)21/h3-13,20H,14H2,1-2H3,(H,27,28)/t20-/m1/s1. The smallest absolute Gasteiger partial charge is 0.328 e. The predicted octanol–water partition coefficient (Wildman–Crippen LogP) is 3.31. The Morgan fingerprint density at radius 1 is 0.935 bits per heavy atom. The molecule has 4 rings (SSSR count). The molecule has 7 nitrogen and oxygen atoms in total. The first-order valence-electron chi connectivity index (χ1n) is 9.76. The van der Waals surface area contributed by atoms with E-state index in [1.54, 1.807) is 18.3 Å². The highest BCUT2D eigenvalue weighted by Gasteiger charge is 2.26. The Bertz CT molecular complexity index is 1220. The van der Waals surface area contributed by atoms with Crippen LogP contribution in [-0.2, 0) is 16.0 Å². The molecule has 31 heavy (non-hydrogen) atoms. The second-order valence-corrected chi connectivity index (χ2v) is 6.95. The fraction of sp³-hybridized carbons (Fsp3) is 0.167. The van der Waals surface area contributed by atoms with Crippen molar-refractivity contribution in [3.63, 3.8) is 0 Å². The molecular formula is C24H21N3O4. The van der Waals surface area contributed by atoms with Crippen molar-refractivity contribution in [1.82, 2.24) is 15.3 Å². The minimum Gasteiger partial charge on any atom is -0.481 e. The molecule has 0 saturated heterocycles. The summed E-state index contributed by atoms with van der Waals surface area (Å²) in [6.45, 7) is 0. The lowest BCUT2D eigenvalue weighted by molar-refractivity contribution is -0.142. The Labute approximate surface area is 179 Å². The number of fused-ring (bicyclic) bond motifs is 2. The molecule has 4 aromatic rings. The molecule has 0 radical (unpaired) electrons. The van der Waals surface area contributed by atoms with Crippen molar-refractivity contribution in [3.05, 3.63) is 78.0 Å². The maximum absolute atomic E-state index is 13.5. The van der Waals surface area contributed by atoms with Crippen LogP contribution in [0.15, 0.2) is 66.9 Å². The molecule has 2 aromatic heterocycles. The second-order valence-electron chi connectivity index (χ2n) is 6.95. The van der Waals surface area contributed by atoms with E-state index < -0.39 is 12.0 Å². The van der Waals surface area contributed by atoms with Gasteiger partial charge >= 0.3 is 5.97 Å². The first-order valence-corrected chi connectivity index (χ1v) is 9.76. The monoisotopic (exact) mass is 415 g/mol. The average Bonchev–Trinajstić information content (AvgIpc) is 2.81. The van der Waals surface area contributed by atoms with Crippen molar-refractivity contribution in [1.29, 1.82) is 0 Å². The zero-order chi connectivity index (χ0) is 21.8. The molecule has 7 heteroatoms. The van der Waals surface area contributed by atoms with Gasteiger partial charge in [-0.1, -0.05) is 42.5 Å². The number of hydrogen-bond donors (Lipinski definition) is 1. The Morgan fingerprint density at radius 3 is 2.19 bits per heavy atom. The summed E-state index contributed by atoms with van der Waals surface area (Å²) in [5.74, 6) is -0.541. The van der Waals surface area contributed by atoms with Gasteiger partial charge < -0.3 is 14.8 Å². The van der Waals surface area contributed by atoms with Crippen molar-refractivity contribution < 1.29 is 19.1 Å². The molecule has 1 amide bonds. The molecule has 156 valence electrons. The third kappa shape index (κ3) is 4.02. The van der Waals surface area contributed by atoms with Crippen LogP contribution in [0.25, 0.3) is 21.8 Å². The summed E-state index contributed by atoms with van der Waals surface area (Å²) in [4.78, 5) is 34.8. The van der Waals surface area contributed by atoms with Crippen molar-refractivity contribution in [2.45, 2.75) is 12.5 Å². The van der Waals surface area contributed by atoms with Gasteiger partial charge in [-0.3, -0.25) is 4.79 Å². The highest BCUT2D eigenvalue weighted by atomic mass is 16.5. The number of esters is 1. The third-order valence-electron chi connectivity index (χ3n) is 5.07. The molecular weight excluding hydrogens is 394 g/mol. The van der Waals surface area contributed by atoms with Crippen LogP contribution in [0, 0.1) is 0 Å². The van der Waals surface area contributed by atoms with Crippen molar-refractivity contribution >= 4 is 33.7 Å². The van der Waals surface area contributed by atoms with E-state index in [0.717, 1.165) is 0 Å². The van der Waals surface area contributed by atoms with Crippen LogP contribution in [0.5, 0.6) is 5.88 Å². The molecule has 0 bridgehead atoms. The van der Waals surface area contributed by atoms with Crippen LogP contribution in [-0.4, -0.2) is 42.1 Å². The van der Waals surface area contributed by atoms with Gasteiger partial charge in [0.2, 0.25) is 5.88 Å². The molecule has 0 aliphatic carbocycles. The van der Waals surface area contributed by atoms with Crippen LogP contribution in [0.2, 0.25) is 0 Å². The van der Waals surface area contributed by atoms with Crippen LogP contribution in [0.1, 0.15) is 15.9 Å². The number of amides is 1. The van der Waals surface area contributed by atoms with E-state index in [-0.39, 0.29) is 12.3 Å². The van der Waals surface area contributed by atoms with Gasteiger partial charge in [-0.25, -0.2) is 14.8 Å². The molecule has 0 aliphatic rings. The highest BCUT2D eigenvalue weighted by molar-refractivity contribution is 6.16. The van der Waals surface area contributed by atoms with Crippen molar-refractivity contribution in [2.75, 3.05) is 14.2 Å². The Hall–Kier alpha value is -4.00. The van der Waals surface area contributed by atoms with E-state index >= 15 is 0 Å². The van der Waals surface area contributed by atoms with Gasteiger partial charge in [0.15, 0.2) is 0 Å². The van der Waals surface area contributed by atoms with Crippen molar-refractivity contribution in [2.24, 2.45) is 0 Å². The van der Waals surface area contributed by atoms with Gasteiger partial charge in [-0.15, -0.1) is 0 Å². The topological polar surface area (TPSA) is 90.4 Å². The Kier molecular flexibility index (Phi) is 5.75. The molecule has 1 N–H and O–H groups in total. The Balaban J connectivity index is 1.75.